The Kier molecular flexibility index (Phi) is 7.03. The van der Waals surface area contributed by atoms with Gasteiger partial charge in [0, 0.05) is 50.1 Å². The molecule has 1 heterocycles. The molecule has 2 aromatic carbocycles. The van der Waals surface area contributed by atoms with Gasteiger partial charge in [-0.2, -0.15) is 0 Å². The molecule has 44 heavy (non-hydrogen) atoms. The standard InChI is InChI=1S/C40H50N2O2/c1-37(2)33-15-17-39(37,5)35(43)31(33)23-27-7-11-29(12-8-27)25-41-19-21-42(22-20-41)26-30-13-9-28(10-14-30)24-32-34-16-18-40(6,36(32)44)38(34,3)4/h7-14,23-24,33-34H,15-22,25-26H2,1-6H3. The highest BCUT2D eigenvalue weighted by Crippen LogP contribution is 2.66. The van der Waals surface area contributed by atoms with Crippen molar-refractivity contribution in [1.82, 2.24) is 9.80 Å². The Balaban J connectivity index is 0.912. The van der Waals surface area contributed by atoms with Crippen molar-refractivity contribution >= 4 is 23.7 Å². The van der Waals surface area contributed by atoms with Crippen molar-refractivity contribution in [2.75, 3.05) is 26.2 Å². The fraction of sp³-hybridized carbons (Fsp3) is 0.550. The highest BCUT2D eigenvalue weighted by molar-refractivity contribution is 6.08. The molecule has 7 rings (SSSR count). The molecule has 0 spiro atoms. The van der Waals surface area contributed by atoms with Crippen molar-refractivity contribution in [3.05, 3.63) is 81.9 Å². The number of nitrogens with zero attached hydrogens (tertiary/aromatic N) is 2. The largest absolute Gasteiger partial charge is 0.297 e. The molecule has 4 bridgehead atoms. The van der Waals surface area contributed by atoms with Gasteiger partial charge in [0.05, 0.1) is 0 Å². The van der Waals surface area contributed by atoms with Crippen LogP contribution in [0, 0.1) is 33.5 Å². The lowest BCUT2D eigenvalue weighted by molar-refractivity contribution is -0.126. The number of rotatable bonds is 6. The smallest absolute Gasteiger partial charge is 0.165 e. The number of Topliss-reactive ketones (excluding diaryl/α,β-unsaturated/α-hetero) is 2. The van der Waals surface area contributed by atoms with Crippen LogP contribution in [0.1, 0.15) is 89.5 Å². The van der Waals surface area contributed by atoms with E-state index in [1.807, 2.05) is 0 Å². The van der Waals surface area contributed by atoms with E-state index in [1.165, 1.54) is 11.1 Å². The van der Waals surface area contributed by atoms with E-state index >= 15 is 0 Å². The zero-order valence-electron chi connectivity index (χ0n) is 27.7. The van der Waals surface area contributed by atoms with Crippen LogP contribution in [-0.4, -0.2) is 47.5 Å². The van der Waals surface area contributed by atoms with E-state index in [1.54, 1.807) is 0 Å². The normalized spacial score (nSPS) is 34.6. The average Bonchev–Trinajstić information content (AvgIpc) is 3.48. The van der Waals surface area contributed by atoms with Gasteiger partial charge in [-0.3, -0.25) is 19.4 Å². The SMILES string of the molecule is CC12CCC(C(=Cc3ccc(CN4CCN(Cc5ccc(C=C6C(=O)C7(C)CCC6C7(C)C)cc5)CC4)cc3)C1=O)C2(C)C. The first kappa shape index (κ1) is 29.9. The van der Waals surface area contributed by atoms with Gasteiger partial charge < -0.3 is 0 Å². The Morgan fingerprint density at radius 1 is 0.591 bits per heavy atom. The summed E-state index contributed by atoms with van der Waals surface area (Å²) in [5, 5.41) is 0. The van der Waals surface area contributed by atoms with Gasteiger partial charge in [-0.1, -0.05) is 90.1 Å². The molecule has 5 fully saturated rings. The zero-order chi connectivity index (χ0) is 31.1. The molecule has 4 heteroatoms. The van der Waals surface area contributed by atoms with E-state index in [9.17, 15) is 9.59 Å². The van der Waals surface area contributed by atoms with Gasteiger partial charge >= 0.3 is 0 Å². The lowest BCUT2D eigenvalue weighted by atomic mass is 9.70. The molecule has 2 aromatic rings. The quantitative estimate of drug-likeness (QED) is 0.322. The minimum absolute atomic E-state index is 0.0615. The number of carbonyl (C=O) groups is 2. The molecule has 4 nitrogen and oxygen atoms in total. The van der Waals surface area contributed by atoms with E-state index in [-0.39, 0.29) is 21.7 Å². The summed E-state index contributed by atoms with van der Waals surface area (Å²) in [6.07, 6.45) is 8.66. The molecule has 0 radical (unpaired) electrons. The van der Waals surface area contributed by atoms with Crippen LogP contribution in [0.3, 0.4) is 0 Å². The van der Waals surface area contributed by atoms with Gasteiger partial charge in [0.2, 0.25) is 0 Å². The predicted octanol–water partition coefficient (Wildman–Crippen LogP) is 7.82. The van der Waals surface area contributed by atoms with Crippen LogP contribution in [0.25, 0.3) is 12.2 Å². The Labute approximate surface area is 264 Å². The van der Waals surface area contributed by atoms with Crippen molar-refractivity contribution in [3.63, 3.8) is 0 Å². The molecule has 4 atom stereocenters. The number of hydrogen-bond acceptors (Lipinski definition) is 4. The molecule has 4 unspecified atom stereocenters. The van der Waals surface area contributed by atoms with Crippen LogP contribution in [0.5, 0.6) is 0 Å². The fourth-order valence-electron chi connectivity index (χ4n) is 9.61. The second-order valence-corrected chi connectivity index (χ2v) is 16.2. The number of piperazine rings is 1. The summed E-state index contributed by atoms with van der Waals surface area (Å²) in [6.45, 7) is 19.7. The molecule has 5 aliphatic rings. The van der Waals surface area contributed by atoms with E-state index < -0.39 is 0 Å². The minimum atomic E-state index is -0.195. The Morgan fingerprint density at radius 3 is 1.23 bits per heavy atom. The molecular formula is C40H50N2O2. The molecule has 0 N–H and O–H groups in total. The second-order valence-electron chi connectivity index (χ2n) is 16.2. The molecular weight excluding hydrogens is 540 g/mol. The van der Waals surface area contributed by atoms with E-state index in [2.05, 4.69) is 112 Å². The predicted molar refractivity (Wildman–Crippen MR) is 179 cm³/mol. The minimum Gasteiger partial charge on any atom is -0.297 e. The van der Waals surface area contributed by atoms with Gasteiger partial charge in [-0.15, -0.1) is 0 Å². The third-order valence-electron chi connectivity index (χ3n) is 13.6. The van der Waals surface area contributed by atoms with Crippen LogP contribution >= 0.6 is 0 Å². The zero-order valence-corrected chi connectivity index (χ0v) is 27.7. The number of carbonyl (C=O) groups excluding carboxylic acids is 2. The highest BCUT2D eigenvalue weighted by atomic mass is 16.1. The number of fused-ring (bicyclic) bond motifs is 4. The maximum absolute atomic E-state index is 13.2. The Bertz CT molecular complexity index is 1420. The lowest BCUT2D eigenvalue weighted by Gasteiger charge is -2.34. The molecule has 4 saturated carbocycles. The van der Waals surface area contributed by atoms with Gasteiger partial charge in [0.25, 0.3) is 0 Å². The molecule has 1 saturated heterocycles. The van der Waals surface area contributed by atoms with Gasteiger partial charge in [-0.05, 0) is 93.9 Å². The monoisotopic (exact) mass is 590 g/mol. The summed E-state index contributed by atoms with van der Waals surface area (Å²) in [4.78, 5) is 31.6. The summed E-state index contributed by atoms with van der Waals surface area (Å²) < 4.78 is 0. The van der Waals surface area contributed by atoms with Gasteiger partial charge in [0.1, 0.15) is 0 Å². The number of ketones is 2. The van der Waals surface area contributed by atoms with Gasteiger partial charge in [0.15, 0.2) is 11.6 Å². The number of hydrogen-bond donors (Lipinski definition) is 0. The molecule has 232 valence electrons. The van der Waals surface area contributed by atoms with Crippen molar-refractivity contribution in [3.8, 4) is 0 Å². The average molecular weight is 591 g/mol. The summed E-state index contributed by atoms with van der Waals surface area (Å²) in [5.74, 6) is 1.53. The van der Waals surface area contributed by atoms with Gasteiger partial charge in [-0.25, -0.2) is 0 Å². The van der Waals surface area contributed by atoms with E-state index in [4.69, 9.17) is 0 Å². The van der Waals surface area contributed by atoms with Crippen LogP contribution in [0.4, 0.5) is 0 Å². The summed E-state index contributed by atoms with van der Waals surface area (Å²) in [5.41, 5.74) is 6.80. The van der Waals surface area contributed by atoms with Crippen molar-refractivity contribution in [2.24, 2.45) is 33.5 Å². The Hall–Kier alpha value is -2.82. The fourth-order valence-corrected chi connectivity index (χ4v) is 9.61. The van der Waals surface area contributed by atoms with Crippen LogP contribution in [0.2, 0.25) is 0 Å². The van der Waals surface area contributed by atoms with Crippen molar-refractivity contribution < 1.29 is 9.59 Å². The van der Waals surface area contributed by atoms with E-state index in [0.717, 1.165) is 87.2 Å². The topological polar surface area (TPSA) is 40.6 Å². The summed E-state index contributed by atoms with van der Waals surface area (Å²) in [6, 6.07) is 17.7. The first-order valence-electron chi connectivity index (χ1n) is 17.0. The molecule has 1 aliphatic heterocycles. The summed E-state index contributed by atoms with van der Waals surface area (Å²) >= 11 is 0. The number of benzene rings is 2. The maximum atomic E-state index is 13.2. The third kappa shape index (κ3) is 4.46. The molecule has 0 aromatic heterocycles. The van der Waals surface area contributed by atoms with Crippen LogP contribution in [-0.2, 0) is 22.7 Å². The lowest BCUT2D eigenvalue weighted by Crippen LogP contribution is -2.45. The second kappa shape index (κ2) is 10.4. The maximum Gasteiger partial charge on any atom is 0.165 e. The molecule has 0 amide bonds. The first-order valence-corrected chi connectivity index (χ1v) is 17.0. The highest BCUT2D eigenvalue weighted by Gasteiger charge is 2.64. The summed E-state index contributed by atoms with van der Waals surface area (Å²) in [7, 11) is 0. The third-order valence-corrected chi connectivity index (χ3v) is 13.6. The van der Waals surface area contributed by atoms with Crippen LogP contribution in [0.15, 0.2) is 59.7 Å². The first-order chi connectivity index (χ1) is 20.8. The number of allylic oxidation sites excluding steroid dienone is 2. The van der Waals surface area contributed by atoms with Crippen molar-refractivity contribution in [2.45, 2.75) is 80.3 Å². The van der Waals surface area contributed by atoms with E-state index in [0.29, 0.717) is 23.4 Å². The van der Waals surface area contributed by atoms with Crippen molar-refractivity contribution in [1.29, 1.82) is 0 Å². The molecule has 4 aliphatic carbocycles. The Morgan fingerprint density at radius 2 is 0.932 bits per heavy atom. The van der Waals surface area contributed by atoms with Crippen LogP contribution < -0.4 is 0 Å².